The molecule has 0 heterocycles. The molecule has 0 heteroatoms. The third kappa shape index (κ3) is 19.3. The van der Waals surface area contributed by atoms with Crippen molar-refractivity contribution < 1.29 is 0 Å². The molecule has 140 valence electrons. The van der Waals surface area contributed by atoms with Crippen LogP contribution < -0.4 is 0 Å². The van der Waals surface area contributed by atoms with Crippen LogP contribution in [0.1, 0.15) is 117 Å². The lowest BCUT2D eigenvalue weighted by Gasteiger charge is -2.01. The zero-order chi connectivity index (χ0) is 17.7. The molecule has 0 unspecified atom stereocenters. The molecule has 0 aliphatic heterocycles. The lowest BCUT2D eigenvalue weighted by atomic mass is 10.1. The minimum atomic E-state index is 1.18. The van der Waals surface area contributed by atoms with Crippen LogP contribution in [-0.2, 0) is 0 Å². The van der Waals surface area contributed by atoms with Crippen molar-refractivity contribution in [1.82, 2.24) is 0 Å². The van der Waals surface area contributed by atoms with Crippen molar-refractivity contribution in [3.63, 3.8) is 0 Å². The summed E-state index contributed by atoms with van der Waals surface area (Å²) in [5.74, 6) is 0. The monoisotopic (exact) mass is 332 g/mol. The summed E-state index contributed by atoms with van der Waals surface area (Å²) in [5, 5.41) is 0. The maximum Gasteiger partial charge on any atom is -0.0285 e. The van der Waals surface area contributed by atoms with Gasteiger partial charge in [0.25, 0.3) is 0 Å². The molecule has 0 aromatic rings. The van der Waals surface area contributed by atoms with Crippen molar-refractivity contribution in [2.45, 2.75) is 117 Å². The highest BCUT2D eigenvalue weighted by Gasteiger charge is 1.92. The summed E-state index contributed by atoms with van der Waals surface area (Å²) in [7, 11) is 0. The van der Waals surface area contributed by atoms with Crippen molar-refractivity contribution in [3.05, 3.63) is 36.5 Å². The Hall–Kier alpha value is -0.780. The molecule has 0 aromatic heterocycles. The van der Waals surface area contributed by atoms with Crippen LogP contribution in [0.4, 0.5) is 0 Å². The first-order chi connectivity index (χ1) is 11.8. The molecule has 0 bridgehead atoms. The molecular formula is C24H44. The van der Waals surface area contributed by atoms with E-state index in [1.807, 2.05) is 0 Å². The van der Waals surface area contributed by atoms with E-state index in [0.717, 1.165) is 0 Å². The number of rotatable bonds is 18. The Morgan fingerprint density at radius 3 is 1.58 bits per heavy atom. The molecule has 0 fully saturated rings. The van der Waals surface area contributed by atoms with E-state index < -0.39 is 0 Å². The first-order valence-electron chi connectivity index (χ1n) is 10.8. The highest BCUT2D eigenvalue weighted by molar-refractivity contribution is 5.13. The second kappa shape index (κ2) is 20.3. The Morgan fingerprint density at radius 2 is 1.04 bits per heavy atom. The predicted molar refractivity (Wildman–Crippen MR) is 113 cm³/mol. The fourth-order valence-electron chi connectivity index (χ4n) is 2.91. The molecule has 0 radical (unpaired) electrons. The summed E-state index contributed by atoms with van der Waals surface area (Å²) in [6, 6.07) is 0. The SMILES string of the molecule is C=C(C=CCCCCCC)CCCCCCC=CCCCCCC. The summed E-state index contributed by atoms with van der Waals surface area (Å²) in [5.41, 5.74) is 1.32. The Morgan fingerprint density at radius 1 is 0.583 bits per heavy atom. The van der Waals surface area contributed by atoms with Crippen molar-refractivity contribution in [2.75, 3.05) is 0 Å². The molecule has 0 aliphatic rings. The summed E-state index contributed by atoms with van der Waals surface area (Å²) >= 11 is 0. The summed E-state index contributed by atoms with van der Waals surface area (Å²) in [6.45, 7) is 8.72. The normalized spacial score (nSPS) is 11.8. The fraction of sp³-hybridized carbons (Fsp3) is 0.750. The molecule has 0 saturated carbocycles. The van der Waals surface area contributed by atoms with Gasteiger partial charge in [0.05, 0.1) is 0 Å². The Balaban J connectivity index is 3.29. The van der Waals surface area contributed by atoms with Crippen molar-refractivity contribution in [1.29, 1.82) is 0 Å². The summed E-state index contributed by atoms with van der Waals surface area (Å²) in [6.07, 6.45) is 30.6. The van der Waals surface area contributed by atoms with E-state index in [1.165, 1.54) is 108 Å². The fourth-order valence-corrected chi connectivity index (χ4v) is 2.91. The van der Waals surface area contributed by atoms with E-state index in [0.29, 0.717) is 0 Å². The van der Waals surface area contributed by atoms with Crippen LogP contribution in [0.25, 0.3) is 0 Å². The van der Waals surface area contributed by atoms with Crippen LogP contribution in [0.15, 0.2) is 36.5 Å². The number of hydrogen-bond acceptors (Lipinski definition) is 0. The molecule has 0 spiro atoms. The Labute approximate surface area is 153 Å². The van der Waals surface area contributed by atoms with Crippen LogP contribution in [0.5, 0.6) is 0 Å². The molecule has 24 heavy (non-hydrogen) atoms. The smallest absolute Gasteiger partial charge is 0.0285 e. The van der Waals surface area contributed by atoms with Gasteiger partial charge in [-0.05, 0) is 51.4 Å². The summed E-state index contributed by atoms with van der Waals surface area (Å²) in [4.78, 5) is 0. The van der Waals surface area contributed by atoms with Crippen molar-refractivity contribution >= 4 is 0 Å². The molecule has 0 aromatic carbocycles. The maximum absolute atomic E-state index is 4.18. The van der Waals surface area contributed by atoms with Gasteiger partial charge >= 0.3 is 0 Å². The minimum Gasteiger partial charge on any atom is -0.0958 e. The van der Waals surface area contributed by atoms with Crippen LogP contribution in [-0.4, -0.2) is 0 Å². The highest BCUT2D eigenvalue weighted by atomic mass is 14.0. The van der Waals surface area contributed by atoms with Gasteiger partial charge in [-0.15, -0.1) is 0 Å². The van der Waals surface area contributed by atoms with Gasteiger partial charge in [-0.1, -0.05) is 102 Å². The van der Waals surface area contributed by atoms with Crippen LogP contribution in [0, 0.1) is 0 Å². The van der Waals surface area contributed by atoms with Gasteiger partial charge < -0.3 is 0 Å². The molecule has 0 saturated heterocycles. The van der Waals surface area contributed by atoms with Crippen LogP contribution in [0.3, 0.4) is 0 Å². The van der Waals surface area contributed by atoms with E-state index in [-0.39, 0.29) is 0 Å². The number of unbranched alkanes of at least 4 members (excludes halogenated alkanes) is 12. The van der Waals surface area contributed by atoms with Crippen LogP contribution in [0.2, 0.25) is 0 Å². The molecule has 0 atom stereocenters. The Kier molecular flexibility index (Phi) is 19.6. The summed E-state index contributed by atoms with van der Waals surface area (Å²) < 4.78 is 0. The van der Waals surface area contributed by atoms with Crippen molar-refractivity contribution in [3.8, 4) is 0 Å². The first kappa shape index (κ1) is 23.2. The second-order valence-corrected chi connectivity index (χ2v) is 7.18. The van der Waals surface area contributed by atoms with Gasteiger partial charge in [0.15, 0.2) is 0 Å². The number of hydrogen-bond donors (Lipinski definition) is 0. The Bertz CT molecular complexity index is 308. The predicted octanol–water partition coefficient (Wildman–Crippen LogP) is 8.94. The maximum atomic E-state index is 4.18. The third-order valence-electron chi connectivity index (χ3n) is 4.59. The molecule has 0 aliphatic carbocycles. The lowest BCUT2D eigenvalue weighted by Crippen LogP contribution is -1.81. The largest absolute Gasteiger partial charge is 0.0958 e. The quantitative estimate of drug-likeness (QED) is 0.133. The van der Waals surface area contributed by atoms with E-state index in [4.69, 9.17) is 0 Å². The topological polar surface area (TPSA) is 0 Å². The zero-order valence-electron chi connectivity index (χ0n) is 16.8. The molecule has 0 nitrogen and oxygen atoms in total. The lowest BCUT2D eigenvalue weighted by molar-refractivity contribution is 0.645. The van der Waals surface area contributed by atoms with Gasteiger partial charge in [-0.2, -0.15) is 0 Å². The van der Waals surface area contributed by atoms with Gasteiger partial charge in [0.1, 0.15) is 0 Å². The van der Waals surface area contributed by atoms with Gasteiger partial charge in [-0.3, -0.25) is 0 Å². The molecule has 0 amide bonds. The average molecular weight is 333 g/mol. The van der Waals surface area contributed by atoms with E-state index in [9.17, 15) is 0 Å². The standard InChI is InChI=1S/C24H44/c1-4-6-8-10-12-13-14-15-16-17-19-21-23-24(3)22-20-18-11-9-7-5-2/h13-14,20,22H,3-12,15-19,21,23H2,1-2H3. The van der Waals surface area contributed by atoms with Crippen LogP contribution >= 0.6 is 0 Å². The van der Waals surface area contributed by atoms with Gasteiger partial charge in [-0.25, -0.2) is 0 Å². The molecule has 0 rings (SSSR count). The minimum absolute atomic E-state index is 1.18. The molecular weight excluding hydrogens is 288 g/mol. The molecule has 0 N–H and O–H groups in total. The zero-order valence-corrected chi connectivity index (χ0v) is 16.8. The van der Waals surface area contributed by atoms with Gasteiger partial charge in [0, 0.05) is 0 Å². The third-order valence-corrected chi connectivity index (χ3v) is 4.59. The second-order valence-electron chi connectivity index (χ2n) is 7.18. The van der Waals surface area contributed by atoms with Gasteiger partial charge in [0.2, 0.25) is 0 Å². The average Bonchev–Trinajstić information content (AvgIpc) is 2.59. The van der Waals surface area contributed by atoms with E-state index in [1.54, 1.807) is 0 Å². The van der Waals surface area contributed by atoms with E-state index in [2.05, 4.69) is 44.7 Å². The van der Waals surface area contributed by atoms with E-state index >= 15 is 0 Å². The number of allylic oxidation sites excluding steroid dienone is 5. The highest BCUT2D eigenvalue weighted by Crippen LogP contribution is 2.12. The van der Waals surface area contributed by atoms with Crippen molar-refractivity contribution in [2.24, 2.45) is 0 Å². The first-order valence-corrected chi connectivity index (χ1v) is 10.8.